The minimum atomic E-state index is -0.0964. The van der Waals surface area contributed by atoms with E-state index in [0.29, 0.717) is 23.5 Å². The highest BCUT2D eigenvalue weighted by atomic mass is 32.2. The zero-order valence-corrected chi connectivity index (χ0v) is 11.5. The van der Waals surface area contributed by atoms with Crippen LogP contribution in [0.25, 0.3) is 0 Å². The molecule has 1 saturated carbocycles. The second-order valence-electron chi connectivity index (χ2n) is 4.56. The summed E-state index contributed by atoms with van der Waals surface area (Å²) >= 11 is 1.82. The molecular formula is C13H18N2O2S. The van der Waals surface area contributed by atoms with Crippen LogP contribution in [0.1, 0.15) is 23.2 Å². The number of hydrogen-bond acceptors (Lipinski definition) is 4. The monoisotopic (exact) mass is 266 g/mol. The highest BCUT2D eigenvalue weighted by Crippen LogP contribution is 2.46. The Morgan fingerprint density at radius 3 is 2.78 bits per heavy atom. The molecule has 1 amide bonds. The third-order valence-corrected chi connectivity index (χ3v) is 4.66. The number of nitrogens with two attached hydrogens (primary N) is 1. The van der Waals surface area contributed by atoms with Crippen molar-refractivity contribution >= 4 is 23.4 Å². The van der Waals surface area contributed by atoms with Crippen LogP contribution in [-0.2, 0) is 0 Å². The Morgan fingerprint density at radius 2 is 2.22 bits per heavy atom. The molecule has 98 valence electrons. The fraction of sp³-hybridized carbons (Fsp3) is 0.462. The quantitative estimate of drug-likeness (QED) is 0.799. The predicted octanol–water partition coefficient (Wildman–Crippen LogP) is 1.90. The average Bonchev–Trinajstić information content (AvgIpc) is 3.16. The molecule has 1 fully saturated rings. The molecule has 0 heterocycles. The topological polar surface area (TPSA) is 64.3 Å². The highest BCUT2D eigenvalue weighted by Gasteiger charge is 2.41. The maximum absolute atomic E-state index is 12.0. The number of thioether (sulfide) groups is 1. The number of amides is 1. The summed E-state index contributed by atoms with van der Waals surface area (Å²) in [6.07, 6.45) is 4.44. The second kappa shape index (κ2) is 5.10. The largest absolute Gasteiger partial charge is 0.497 e. The summed E-state index contributed by atoms with van der Waals surface area (Å²) in [6, 6.07) is 5.06. The Bertz CT molecular complexity index is 458. The fourth-order valence-electron chi connectivity index (χ4n) is 1.81. The lowest BCUT2D eigenvalue weighted by molar-refractivity contribution is 0.0952. The molecule has 0 aromatic heterocycles. The zero-order chi connectivity index (χ0) is 13.2. The second-order valence-corrected chi connectivity index (χ2v) is 5.84. The Hall–Kier alpha value is -1.36. The molecule has 3 N–H and O–H groups in total. The number of nitrogens with one attached hydrogen (secondary N) is 1. The number of carbonyl (C=O) groups is 1. The number of anilines is 1. The number of hydrogen-bond donors (Lipinski definition) is 2. The smallest absolute Gasteiger partial charge is 0.251 e. The molecule has 0 aliphatic heterocycles. The summed E-state index contributed by atoms with van der Waals surface area (Å²) in [5.74, 6) is 0.507. The first-order chi connectivity index (χ1) is 8.58. The van der Waals surface area contributed by atoms with Crippen LogP contribution in [-0.4, -0.2) is 30.6 Å². The number of rotatable bonds is 5. The van der Waals surface area contributed by atoms with Crippen molar-refractivity contribution in [3.8, 4) is 5.75 Å². The van der Waals surface area contributed by atoms with E-state index >= 15 is 0 Å². The Morgan fingerprint density at radius 1 is 1.50 bits per heavy atom. The van der Waals surface area contributed by atoms with Crippen molar-refractivity contribution in [3.05, 3.63) is 23.8 Å². The van der Waals surface area contributed by atoms with E-state index in [1.165, 1.54) is 12.8 Å². The summed E-state index contributed by atoms with van der Waals surface area (Å²) in [4.78, 5) is 12.0. The van der Waals surface area contributed by atoms with Gasteiger partial charge in [-0.1, -0.05) is 0 Å². The molecule has 0 spiro atoms. The first kappa shape index (κ1) is 13.1. The summed E-state index contributed by atoms with van der Waals surface area (Å²) in [5.41, 5.74) is 6.81. The van der Waals surface area contributed by atoms with E-state index < -0.39 is 0 Å². The van der Waals surface area contributed by atoms with Gasteiger partial charge in [0.2, 0.25) is 0 Å². The summed E-state index contributed by atoms with van der Waals surface area (Å²) in [6.45, 7) is 0.712. The summed E-state index contributed by atoms with van der Waals surface area (Å²) in [7, 11) is 1.56. The lowest BCUT2D eigenvalue weighted by Gasteiger charge is -2.13. The molecule has 1 aliphatic carbocycles. The molecule has 0 bridgehead atoms. The maximum atomic E-state index is 12.0. The molecule has 5 heteroatoms. The first-order valence-corrected chi connectivity index (χ1v) is 7.09. The third-order valence-electron chi connectivity index (χ3n) is 3.24. The van der Waals surface area contributed by atoms with E-state index in [2.05, 4.69) is 11.6 Å². The van der Waals surface area contributed by atoms with Gasteiger partial charge in [0.05, 0.1) is 7.11 Å². The van der Waals surface area contributed by atoms with Gasteiger partial charge in [-0.05, 0) is 31.2 Å². The van der Waals surface area contributed by atoms with Gasteiger partial charge in [0, 0.05) is 28.6 Å². The number of nitrogen functional groups attached to an aromatic ring is 1. The van der Waals surface area contributed by atoms with Crippen molar-refractivity contribution in [1.82, 2.24) is 5.32 Å². The van der Waals surface area contributed by atoms with Gasteiger partial charge < -0.3 is 15.8 Å². The fourth-order valence-corrected chi connectivity index (χ4v) is 2.53. The number of benzene rings is 1. The Labute approximate surface area is 111 Å². The van der Waals surface area contributed by atoms with E-state index in [-0.39, 0.29) is 10.7 Å². The van der Waals surface area contributed by atoms with Crippen LogP contribution >= 0.6 is 11.8 Å². The standard InChI is InChI=1S/C13H18N2O2S/c1-17-11-6-9(5-10(14)7-11)12(16)15-8-13(18-2)3-4-13/h5-7H,3-4,8,14H2,1-2H3,(H,15,16). The zero-order valence-electron chi connectivity index (χ0n) is 10.7. The lowest BCUT2D eigenvalue weighted by Crippen LogP contribution is -2.31. The predicted molar refractivity (Wildman–Crippen MR) is 75.2 cm³/mol. The van der Waals surface area contributed by atoms with Crippen molar-refractivity contribution in [3.63, 3.8) is 0 Å². The van der Waals surface area contributed by atoms with Crippen LogP contribution in [0.2, 0.25) is 0 Å². The lowest BCUT2D eigenvalue weighted by atomic mass is 10.1. The van der Waals surface area contributed by atoms with Gasteiger partial charge in [0.1, 0.15) is 5.75 Å². The van der Waals surface area contributed by atoms with Crippen LogP contribution in [0.3, 0.4) is 0 Å². The maximum Gasteiger partial charge on any atom is 0.251 e. The number of ether oxygens (including phenoxy) is 1. The van der Waals surface area contributed by atoms with E-state index in [9.17, 15) is 4.79 Å². The molecule has 1 aromatic rings. The van der Waals surface area contributed by atoms with Crippen LogP contribution in [0.5, 0.6) is 5.75 Å². The van der Waals surface area contributed by atoms with Gasteiger partial charge >= 0.3 is 0 Å². The molecule has 2 rings (SSSR count). The van der Waals surface area contributed by atoms with Gasteiger partial charge in [-0.15, -0.1) is 0 Å². The molecular weight excluding hydrogens is 248 g/mol. The molecule has 0 atom stereocenters. The van der Waals surface area contributed by atoms with E-state index in [1.807, 2.05) is 11.8 Å². The molecule has 4 nitrogen and oxygen atoms in total. The van der Waals surface area contributed by atoms with Crippen molar-refractivity contribution in [1.29, 1.82) is 0 Å². The van der Waals surface area contributed by atoms with Crippen LogP contribution in [0.4, 0.5) is 5.69 Å². The van der Waals surface area contributed by atoms with Gasteiger partial charge in [-0.25, -0.2) is 0 Å². The van der Waals surface area contributed by atoms with Crippen molar-refractivity contribution in [2.75, 3.05) is 25.6 Å². The third kappa shape index (κ3) is 2.90. The SMILES string of the molecule is COc1cc(N)cc(C(=O)NCC2(SC)CC2)c1. The van der Waals surface area contributed by atoms with Crippen LogP contribution < -0.4 is 15.8 Å². The highest BCUT2D eigenvalue weighted by molar-refractivity contribution is 8.00. The van der Waals surface area contributed by atoms with Gasteiger partial charge in [-0.2, -0.15) is 11.8 Å². The van der Waals surface area contributed by atoms with Crippen LogP contribution in [0, 0.1) is 0 Å². The van der Waals surface area contributed by atoms with Crippen molar-refractivity contribution < 1.29 is 9.53 Å². The summed E-state index contributed by atoms with van der Waals surface area (Å²) < 4.78 is 5.36. The van der Waals surface area contributed by atoms with Gasteiger partial charge in [-0.3, -0.25) is 4.79 Å². The minimum Gasteiger partial charge on any atom is -0.497 e. The number of methoxy groups -OCH3 is 1. The molecule has 0 radical (unpaired) electrons. The van der Waals surface area contributed by atoms with Crippen molar-refractivity contribution in [2.45, 2.75) is 17.6 Å². The normalized spacial score (nSPS) is 16.1. The van der Waals surface area contributed by atoms with Crippen molar-refractivity contribution in [2.24, 2.45) is 0 Å². The molecule has 0 saturated heterocycles. The Kier molecular flexibility index (Phi) is 3.71. The molecule has 0 unspecified atom stereocenters. The van der Waals surface area contributed by atoms with Gasteiger partial charge in [0.25, 0.3) is 5.91 Å². The van der Waals surface area contributed by atoms with E-state index in [1.54, 1.807) is 25.3 Å². The molecule has 18 heavy (non-hydrogen) atoms. The van der Waals surface area contributed by atoms with E-state index in [4.69, 9.17) is 10.5 Å². The van der Waals surface area contributed by atoms with E-state index in [0.717, 1.165) is 0 Å². The first-order valence-electron chi connectivity index (χ1n) is 5.86. The number of carbonyl (C=O) groups excluding carboxylic acids is 1. The average molecular weight is 266 g/mol. The van der Waals surface area contributed by atoms with Gasteiger partial charge in [0.15, 0.2) is 0 Å². The molecule has 1 aromatic carbocycles. The molecule has 1 aliphatic rings. The minimum absolute atomic E-state index is 0.0964. The Balaban J connectivity index is 2.02. The summed E-state index contributed by atoms with van der Waals surface area (Å²) in [5, 5.41) is 2.96. The van der Waals surface area contributed by atoms with Crippen LogP contribution in [0.15, 0.2) is 18.2 Å².